The molecular formula is C15H24N2O2. The van der Waals surface area contributed by atoms with Crippen molar-refractivity contribution in [3.8, 4) is 0 Å². The highest BCUT2D eigenvalue weighted by Gasteiger charge is 2.12. The van der Waals surface area contributed by atoms with Gasteiger partial charge in [0.15, 0.2) is 0 Å². The molecule has 1 rings (SSSR count). The minimum absolute atomic E-state index is 0.351. The summed E-state index contributed by atoms with van der Waals surface area (Å²) in [7, 11) is 1.35. The third kappa shape index (κ3) is 4.47. The van der Waals surface area contributed by atoms with Crippen LogP contribution >= 0.6 is 0 Å². The molecule has 4 heteroatoms. The summed E-state index contributed by atoms with van der Waals surface area (Å²) >= 11 is 0. The zero-order valence-electron chi connectivity index (χ0n) is 12.2. The van der Waals surface area contributed by atoms with Crippen LogP contribution in [0.1, 0.15) is 44.0 Å². The molecule has 0 fully saturated rings. The second kappa shape index (κ2) is 7.02. The Morgan fingerprint density at radius 3 is 2.68 bits per heavy atom. The lowest BCUT2D eigenvalue weighted by Crippen LogP contribution is -2.18. The molecule has 106 valence electrons. The number of benzene rings is 1. The Morgan fingerprint density at radius 1 is 1.42 bits per heavy atom. The van der Waals surface area contributed by atoms with Crippen LogP contribution < -0.4 is 11.1 Å². The minimum Gasteiger partial charge on any atom is -0.465 e. The topological polar surface area (TPSA) is 64.3 Å². The number of methoxy groups -OCH3 is 1. The second-order valence-electron chi connectivity index (χ2n) is 5.09. The van der Waals surface area contributed by atoms with Crippen molar-refractivity contribution in [1.82, 2.24) is 0 Å². The molecule has 0 saturated heterocycles. The third-order valence-electron chi connectivity index (χ3n) is 3.32. The third-order valence-corrected chi connectivity index (χ3v) is 3.32. The zero-order chi connectivity index (χ0) is 14.4. The molecule has 0 aromatic heterocycles. The summed E-state index contributed by atoms with van der Waals surface area (Å²) in [6.07, 6.45) is 2.26. The summed E-state index contributed by atoms with van der Waals surface area (Å²) in [5.41, 5.74) is 7.51. The fraction of sp³-hybridized carbons (Fsp3) is 0.533. The Hall–Kier alpha value is -1.71. The average Bonchev–Trinajstić information content (AvgIpc) is 2.39. The van der Waals surface area contributed by atoms with Crippen molar-refractivity contribution in [3.63, 3.8) is 0 Å². The molecule has 1 aromatic rings. The fourth-order valence-corrected chi connectivity index (χ4v) is 2.05. The van der Waals surface area contributed by atoms with Crippen molar-refractivity contribution in [1.29, 1.82) is 0 Å². The highest BCUT2D eigenvalue weighted by Crippen LogP contribution is 2.21. The van der Waals surface area contributed by atoms with Crippen LogP contribution in [0.4, 0.5) is 11.4 Å². The van der Waals surface area contributed by atoms with Gasteiger partial charge >= 0.3 is 5.97 Å². The Kier molecular flexibility index (Phi) is 5.67. The predicted molar refractivity (Wildman–Crippen MR) is 79.4 cm³/mol. The van der Waals surface area contributed by atoms with E-state index in [0.29, 0.717) is 23.2 Å². The Morgan fingerprint density at radius 2 is 2.11 bits per heavy atom. The first-order valence-corrected chi connectivity index (χ1v) is 6.72. The predicted octanol–water partition coefficient (Wildman–Crippen LogP) is 3.29. The van der Waals surface area contributed by atoms with Gasteiger partial charge < -0.3 is 15.8 Å². The summed E-state index contributed by atoms with van der Waals surface area (Å²) in [6, 6.07) is 5.71. The number of nitrogen functional groups attached to an aromatic ring is 1. The number of anilines is 2. The molecule has 0 aliphatic heterocycles. The van der Waals surface area contributed by atoms with Gasteiger partial charge in [0.25, 0.3) is 0 Å². The van der Waals surface area contributed by atoms with E-state index in [1.807, 2.05) is 6.07 Å². The van der Waals surface area contributed by atoms with E-state index in [1.54, 1.807) is 12.1 Å². The first kappa shape index (κ1) is 15.3. The molecular weight excluding hydrogens is 240 g/mol. The number of carbonyl (C=O) groups is 1. The molecule has 0 radical (unpaired) electrons. The van der Waals surface area contributed by atoms with Crippen LogP contribution in [-0.4, -0.2) is 19.1 Å². The lowest BCUT2D eigenvalue weighted by Gasteiger charge is -2.19. The molecule has 0 heterocycles. The van der Waals surface area contributed by atoms with Crippen LogP contribution in [0, 0.1) is 5.92 Å². The van der Waals surface area contributed by atoms with Gasteiger partial charge in [-0.15, -0.1) is 0 Å². The zero-order valence-corrected chi connectivity index (χ0v) is 12.2. The molecule has 3 N–H and O–H groups in total. The SMILES string of the molecule is CCC(C)CC(C)Nc1ccc(N)c(C(=O)OC)c1. The minimum atomic E-state index is -0.407. The van der Waals surface area contributed by atoms with E-state index in [9.17, 15) is 4.79 Å². The maximum Gasteiger partial charge on any atom is 0.340 e. The molecule has 19 heavy (non-hydrogen) atoms. The molecule has 2 unspecified atom stereocenters. The monoisotopic (exact) mass is 264 g/mol. The quantitative estimate of drug-likeness (QED) is 0.611. The van der Waals surface area contributed by atoms with E-state index in [0.717, 1.165) is 12.1 Å². The number of nitrogens with two attached hydrogens (primary N) is 1. The number of esters is 1. The van der Waals surface area contributed by atoms with E-state index >= 15 is 0 Å². The molecule has 4 nitrogen and oxygen atoms in total. The van der Waals surface area contributed by atoms with Crippen LogP contribution in [0.3, 0.4) is 0 Å². The van der Waals surface area contributed by atoms with Gasteiger partial charge in [-0.1, -0.05) is 20.3 Å². The van der Waals surface area contributed by atoms with Gasteiger partial charge in [-0.2, -0.15) is 0 Å². The van der Waals surface area contributed by atoms with Crippen molar-refractivity contribution in [2.24, 2.45) is 5.92 Å². The Bertz CT molecular complexity index is 432. The molecule has 0 saturated carbocycles. The maximum absolute atomic E-state index is 11.6. The number of carbonyl (C=O) groups excluding carboxylic acids is 1. The van der Waals surface area contributed by atoms with Gasteiger partial charge in [-0.25, -0.2) is 4.79 Å². The fourth-order valence-electron chi connectivity index (χ4n) is 2.05. The summed E-state index contributed by atoms with van der Waals surface area (Å²) in [5, 5.41) is 3.39. The van der Waals surface area contributed by atoms with Gasteiger partial charge in [0.1, 0.15) is 0 Å². The molecule has 2 atom stereocenters. The molecule has 0 bridgehead atoms. The van der Waals surface area contributed by atoms with Crippen molar-refractivity contribution >= 4 is 17.3 Å². The standard InChI is InChI=1S/C15H24N2O2/c1-5-10(2)8-11(3)17-12-6-7-14(16)13(9-12)15(18)19-4/h6-7,9-11,17H,5,8,16H2,1-4H3. The largest absolute Gasteiger partial charge is 0.465 e. The van der Waals surface area contributed by atoms with Crippen molar-refractivity contribution < 1.29 is 9.53 Å². The van der Waals surface area contributed by atoms with E-state index in [-0.39, 0.29) is 0 Å². The lowest BCUT2D eigenvalue weighted by atomic mass is 10.00. The molecule has 0 aliphatic carbocycles. The number of nitrogens with one attached hydrogen (secondary N) is 1. The second-order valence-corrected chi connectivity index (χ2v) is 5.09. The van der Waals surface area contributed by atoms with Gasteiger partial charge in [-0.3, -0.25) is 0 Å². The van der Waals surface area contributed by atoms with Crippen LogP contribution in [-0.2, 0) is 4.74 Å². The first-order valence-electron chi connectivity index (χ1n) is 6.72. The molecule has 0 aliphatic rings. The average molecular weight is 264 g/mol. The first-order chi connectivity index (χ1) is 8.97. The molecule has 0 amide bonds. The van der Waals surface area contributed by atoms with E-state index < -0.39 is 5.97 Å². The van der Waals surface area contributed by atoms with Gasteiger partial charge in [0.2, 0.25) is 0 Å². The van der Waals surface area contributed by atoms with Crippen LogP contribution in [0.5, 0.6) is 0 Å². The number of hydrogen-bond donors (Lipinski definition) is 2. The van der Waals surface area contributed by atoms with Gasteiger partial charge in [0.05, 0.1) is 12.7 Å². The summed E-state index contributed by atoms with van der Waals surface area (Å²) < 4.78 is 4.71. The lowest BCUT2D eigenvalue weighted by molar-refractivity contribution is 0.0602. The molecule has 1 aromatic carbocycles. The highest BCUT2D eigenvalue weighted by atomic mass is 16.5. The van der Waals surface area contributed by atoms with E-state index in [1.165, 1.54) is 13.5 Å². The Balaban J connectivity index is 2.77. The summed E-state index contributed by atoms with van der Waals surface area (Å²) in [5.74, 6) is 0.270. The van der Waals surface area contributed by atoms with Gasteiger partial charge in [0, 0.05) is 17.4 Å². The number of ether oxygens (including phenoxy) is 1. The normalized spacial score (nSPS) is 13.7. The maximum atomic E-state index is 11.6. The van der Waals surface area contributed by atoms with Crippen molar-refractivity contribution in [2.75, 3.05) is 18.2 Å². The summed E-state index contributed by atoms with van der Waals surface area (Å²) in [4.78, 5) is 11.6. The van der Waals surface area contributed by atoms with E-state index in [2.05, 4.69) is 26.1 Å². The van der Waals surface area contributed by atoms with Crippen molar-refractivity contribution in [2.45, 2.75) is 39.7 Å². The van der Waals surface area contributed by atoms with Crippen molar-refractivity contribution in [3.05, 3.63) is 23.8 Å². The highest BCUT2D eigenvalue weighted by molar-refractivity contribution is 5.96. The number of hydrogen-bond acceptors (Lipinski definition) is 4. The van der Waals surface area contributed by atoms with E-state index in [4.69, 9.17) is 10.5 Å². The van der Waals surface area contributed by atoms with Gasteiger partial charge in [-0.05, 0) is 37.5 Å². The number of rotatable bonds is 6. The Labute approximate surface area is 115 Å². The summed E-state index contributed by atoms with van der Waals surface area (Å²) in [6.45, 7) is 6.57. The van der Waals surface area contributed by atoms with Crippen LogP contribution in [0.2, 0.25) is 0 Å². The van der Waals surface area contributed by atoms with Crippen LogP contribution in [0.15, 0.2) is 18.2 Å². The van der Waals surface area contributed by atoms with Crippen LogP contribution in [0.25, 0.3) is 0 Å². The molecule has 0 spiro atoms. The smallest absolute Gasteiger partial charge is 0.340 e.